The molecule has 0 aliphatic carbocycles. The lowest BCUT2D eigenvalue weighted by atomic mass is 9.87. The molecule has 6 unspecified atom stereocenters. The predicted molar refractivity (Wildman–Crippen MR) is 104 cm³/mol. The third kappa shape index (κ3) is 7.97. The van der Waals surface area contributed by atoms with Crippen LogP contribution in [0.25, 0.3) is 0 Å². The molecule has 2 rings (SSSR count). The van der Waals surface area contributed by atoms with Crippen molar-refractivity contribution in [3.8, 4) is 0 Å². The summed E-state index contributed by atoms with van der Waals surface area (Å²) in [5.41, 5.74) is 0. The van der Waals surface area contributed by atoms with Gasteiger partial charge in [-0.25, -0.2) is 0 Å². The Morgan fingerprint density at radius 3 is 1.44 bits per heavy atom. The van der Waals surface area contributed by atoms with E-state index >= 15 is 0 Å². The van der Waals surface area contributed by atoms with E-state index in [2.05, 4.69) is 27.7 Å². The molecule has 0 aromatic carbocycles. The minimum atomic E-state index is 0.364. The maximum absolute atomic E-state index is 6.89. The summed E-state index contributed by atoms with van der Waals surface area (Å²) in [5, 5.41) is 0. The van der Waals surface area contributed by atoms with Gasteiger partial charge in [0.25, 0.3) is 0 Å². The van der Waals surface area contributed by atoms with E-state index in [1.54, 1.807) is 0 Å². The molecule has 0 aromatic rings. The maximum atomic E-state index is 6.89. The Kier molecular flexibility index (Phi) is 9.80. The molecule has 0 aromatic heterocycles. The van der Waals surface area contributed by atoms with Crippen LogP contribution in [0.4, 0.5) is 0 Å². The van der Waals surface area contributed by atoms with Crippen LogP contribution >= 0.6 is 0 Å². The standard InChI is InChI=1S/C22H42O3/c1-5-9-11-17(7-3)21(13-19-15-23-19)25-22(14-20-16-24-20)18(8-4)12-10-6-2/h17-22H,5-16H2,1-4H3. The predicted octanol–water partition coefficient (Wildman–Crippen LogP) is 5.75. The fraction of sp³-hybridized carbons (Fsp3) is 1.00. The SMILES string of the molecule is CCCCC(CC)C(CC1CO1)OC(CC1CO1)C(CC)CCCC. The highest BCUT2D eigenvalue weighted by molar-refractivity contribution is 4.84. The summed E-state index contributed by atoms with van der Waals surface area (Å²) in [5.74, 6) is 1.35. The summed E-state index contributed by atoms with van der Waals surface area (Å²) in [6, 6.07) is 0. The van der Waals surface area contributed by atoms with Crippen LogP contribution in [0.2, 0.25) is 0 Å². The molecule has 2 heterocycles. The largest absolute Gasteiger partial charge is 0.374 e. The maximum Gasteiger partial charge on any atom is 0.0834 e. The topological polar surface area (TPSA) is 34.3 Å². The highest BCUT2D eigenvalue weighted by atomic mass is 16.6. The Balaban J connectivity index is 1.99. The molecule has 0 N–H and O–H groups in total. The Morgan fingerprint density at radius 1 is 0.760 bits per heavy atom. The second-order valence-electron chi connectivity index (χ2n) is 8.22. The molecule has 25 heavy (non-hydrogen) atoms. The van der Waals surface area contributed by atoms with E-state index in [4.69, 9.17) is 14.2 Å². The number of hydrogen-bond donors (Lipinski definition) is 0. The zero-order chi connectivity index (χ0) is 18.1. The van der Waals surface area contributed by atoms with Gasteiger partial charge < -0.3 is 14.2 Å². The van der Waals surface area contributed by atoms with Gasteiger partial charge in [-0.2, -0.15) is 0 Å². The summed E-state index contributed by atoms with van der Waals surface area (Å²) < 4.78 is 18.0. The third-order valence-corrected chi connectivity index (χ3v) is 6.10. The molecule has 0 radical (unpaired) electrons. The van der Waals surface area contributed by atoms with Gasteiger partial charge in [0.15, 0.2) is 0 Å². The molecule has 0 spiro atoms. The van der Waals surface area contributed by atoms with Crippen LogP contribution in [-0.4, -0.2) is 37.6 Å². The van der Waals surface area contributed by atoms with Crippen molar-refractivity contribution < 1.29 is 14.2 Å². The van der Waals surface area contributed by atoms with E-state index in [0.717, 1.165) is 26.1 Å². The van der Waals surface area contributed by atoms with Crippen LogP contribution in [-0.2, 0) is 14.2 Å². The minimum absolute atomic E-state index is 0.364. The first-order valence-electron chi connectivity index (χ1n) is 11.1. The van der Waals surface area contributed by atoms with Gasteiger partial charge in [0.2, 0.25) is 0 Å². The van der Waals surface area contributed by atoms with Crippen molar-refractivity contribution in [3.05, 3.63) is 0 Å². The molecule has 0 amide bonds. The normalized spacial score (nSPS) is 26.9. The number of unbranched alkanes of at least 4 members (excludes halogenated alkanes) is 2. The summed E-state index contributed by atoms with van der Waals surface area (Å²) in [6.07, 6.45) is 14.0. The number of rotatable bonds is 16. The first kappa shape index (κ1) is 21.2. The van der Waals surface area contributed by atoms with E-state index in [9.17, 15) is 0 Å². The van der Waals surface area contributed by atoms with Gasteiger partial charge in [-0.15, -0.1) is 0 Å². The van der Waals surface area contributed by atoms with Gasteiger partial charge in [0.1, 0.15) is 0 Å². The van der Waals surface area contributed by atoms with Crippen molar-refractivity contribution in [2.45, 2.75) is 116 Å². The molecular formula is C22H42O3. The van der Waals surface area contributed by atoms with Crippen molar-refractivity contribution >= 4 is 0 Å². The molecule has 6 atom stereocenters. The zero-order valence-corrected chi connectivity index (χ0v) is 17.2. The molecular weight excluding hydrogens is 312 g/mol. The smallest absolute Gasteiger partial charge is 0.0834 e. The van der Waals surface area contributed by atoms with E-state index in [0.29, 0.717) is 36.3 Å². The molecule has 2 aliphatic heterocycles. The number of epoxide rings is 2. The Morgan fingerprint density at radius 2 is 1.16 bits per heavy atom. The summed E-state index contributed by atoms with van der Waals surface area (Å²) >= 11 is 0. The van der Waals surface area contributed by atoms with Gasteiger partial charge in [-0.1, -0.05) is 66.2 Å². The molecule has 0 saturated carbocycles. The second-order valence-corrected chi connectivity index (χ2v) is 8.22. The van der Waals surface area contributed by atoms with Crippen LogP contribution in [0.5, 0.6) is 0 Å². The van der Waals surface area contributed by atoms with E-state index < -0.39 is 0 Å². The van der Waals surface area contributed by atoms with E-state index in [-0.39, 0.29) is 0 Å². The van der Waals surface area contributed by atoms with Crippen molar-refractivity contribution in [2.24, 2.45) is 11.8 Å². The first-order chi connectivity index (χ1) is 12.2. The lowest BCUT2D eigenvalue weighted by Crippen LogP contribution is -2.35. The Labute approximate surface area is 156 Å². The first-order valence-corrected chi connectivity index (χ1v) is 11.1. The quantitative estimate of drug-likeness (QED) is 0.331. The molecule has 2 saturated heterocycles. The summed E-state index contributed by atoms with van der Waals surface area (Å²) in [4.78, 5) is 0. The number of ether oxygens (including phenoxy) is 3. The average Bonchev–Trinajstić information content (AvgIpc) is 3.52. The van der Waals surface area contributed by atoms with E-state index in [1.165, 1.54) is 51.4 Å². The highest BCUT2D eigenvalue weighted by Gasteiger charge is 2.36. The van der Waals surface area contributed by atoms with Crippen molar-refractivity contribution in [1.82, 2.24) is 0 Å². The number of hydrogen-bond acceptors (Lipinski definition) is 3. The van der Waals surface area contributed by atoms with Gasteiger partial charge in [0.05, 0.1) is 37.6 Å². The van der Waals surface area contributed by atoms with Crippen LogP contribution in [0.15, 0.2) is 0 Å². The Hall–Kier alpha value is -0.120. The van der Waals surface area contributed by atoms with Crippen LogP contribution in [0.1, 0.15) is 91.9 Å². The molecule has 2 fully saturated rings. The van der Waals surface area contributed by atoms with Gasteiger partial charge in [-0.05, 0) is 24.7 Å². The highest BCUT2D eigenvalue weighted by Crippen LogP contribution is 2.34. The lowest BCUT2D eigenvalue weighted by molar-refractivity contribution is -0.0848. The fourth-order valence-corrected chi connectivity index (χ4v) is 4.11. The van der Waals surface area contributed by atoms with Gasteiger partial charge in [-0.3, -0.25) is 0 Å². The van der Waals surface area contributed by atoms with Crippen LogP contribution < -0.4 is 0 Å². The average molecular weight is 355 g/mol. The molecule has 0 bridgehead atoms. The molecule has 2 aliphatic rings. The summed E-state index contributed by atoms with van der Waals surface area (Å²) in [7, 11) is 0. The van der Waals surface area contributed by atoms with Crippen molar-refractivity contribution in [1.29, 1.82) is 0 Å². The van der Waals surface area contributed by atoms with E-state index in [1.807, 2.05) is 0 Å². The van der Waals surface area contributed by atoms with Crippen molar-refractivity contribution in [2.75, 3.05) is 13.2 Å². The minimum Gasteiger partial charge on any atom is -0.374 e. The van der Waals surface area contributed by atoms with Gasteiger partial charge >= 0.3 is 0 Å². The molecule has 3 heteroatoms. The lowest BCUT2D eigenvalue weighted by Gasteiger charge is -2.34. The van der Waals surface area contributed by atoms with Gasteiger partial charge in [0, 0.05) is 12.8 Å². The second kappa shape index (κ2) is 11.6. The Bertz CT molecular complexity index is 306. The zero-order valence-electron chi connectivity index (χ0n) is 17.2. The third-order valence-electron chi connectivity index (χ3n) is 6.10. The molecule has 148 valence electrons. The van der Waals surface area contributed by atoms with Crippen LogP contribution in [0, 0.1) is 11.8 Å². The van der Waals surface area contributed by atoms with Crippen molar-refractivity contribution in [3.63, 3.8) is 0 Å². The monoisotopic (exact) mass is 354 g/mol. The van der Waals surface area contributed by atoms with Crippen LogP contribution in [0.3, 0.4) is 0 Å². The molecule has 3 nitrogen and oxygen atoms in total. The fourth-order valence-electron chi connectivity index (χ4n) is 4.11. The summed E-state index contributed by atoms with van der Waals surface area (Å²) in [6.45, 7) is 11.1.